The van der Waals surface area contributed by atoms with Crippen LogP contribution in [0.1, 0.15) is 46.0 Å². The largest absolute Gasteiger partial charge is 0.337 e. The number of carbonyl (C=O) groups excluding carboxylic acids is 1. The minimum atomic E-state index is -0.237. The lowest BCUT2D eigenvalue weighted by molar-refractivity contribution is -0.133. The van der Waals surface area contributed by atoms with Crippen molar-refractivity contribution in [2.75, 3.05) is 0 Å². The van der Waals surface area contributed by atoms with Gasteiger partial charge in [-0.25, -0.2) is 9.50 Å². The molecule has 2 heterocycles. The van der Waals surface area contributed by atoms with E-state index >= 15 is 0 Å². The molecule has 0 aliphatic carbocycles. The molecule has 0 aromatic carbocycles. The Morgan fingerprint density at radius 1 is 1.13 bits per heavy atom. The fraction of sp³-hybridized carbons (Fsp3) is 0.625. The van der Waals surface area contributed by atoms with Crippen molar-refractivity contribution in [2.24, 2.45) is 0 Å². The molecule has 0 aliphatic rings. The van der Waals surface area contributed by atoms with E-state index in [2.05, 4.69) is 15.1 Å². The van der Waals surface area contributed by atoms with Gasteiger partial charge in [0, 0.05) is 23.5 Å². The number of aromatic nitrogens is 4. The predicted octanol–water partition coefficient (Wildman–Crippen LogP) is 2.87. The van der Waals surface area contributed by atoms with Crippen LogP contribution in [0.4, 0.5) is 0 Å². The van der Waals surface area contributed by atoms with E-state index < -0.39 is 0 Å². The maximum atomic E-state index is 12.7. The van der Waals surface area contributed by atoms with Crippen molar-refractivity contribution in [3.8, 4) is 0 Å². The molecule has 0 aliphatic heterocycles. The average molecular weight is 335 g/mol. The molecule has 1 unspecified atom stereocenters. The van der Waals surface area contributed by atoms with Crippen molar-refractivity contribution in [3.05, 3.63) is 17.5 Å². The van der Waals surface area contributed by atoms with Gasteiger partial charge in [0.15, 0.2) is 0 Å². The molecule has 0 saturated heterocycles. The van der Waals surface area contributed by atoms with Crippen LogP contribution in [0, 0.1) is 13.8 Å². The molecule has 23 heavy (non-hydrogen) atoms. The summed E-state index contributed by atoms with van der Waals surface area (Å²) in [5, 5.41) is 4.81. The van der Waals surface area contributed by atoms with Gasteiger partial charge in [0.05, 0.1) is 5.25 Å². The van der Waals surface area contributed by atoms with Crippen molar-refractivity contribution in [1.29, 1.82) is 0 Å². The molecule has 0 radical (unpaired) electrons. The monoisotopic (exact) mass is 335 g/mol. The molecule has 2 rings (SSSR count). The smallest absolute Gasteiger partial charge is 0.253 e. The van der Waals surface area contributed by atoms with Crippen LogP contribution in [-0.4, -0.2) is 47.7 Å². The highest BCUT2D eigenvalue weighted by Crippen LogP contribution is 2.23. The van der Waals surface area contributed by atoms with E-state index in [4.69, 9.17) is 0 Å². The summed E-state index contributed by atoms with van der Waals surface area (Å²) in [6.07, 6.45) is 0. The number of hydrogen-bond acceptors (Lipinski definition) is 5. The fourth-order valence-corrected chi connectivity index (χ4v) is 3.52. The number of nitrogens with zero attached hydrogens (tertiary/aromatic N) is 5. The first-order valence-corrected chi connectivity index (χ1v) is 8.78. The molecule has 1 atom stereocenters. The lowest BCUT2D eigenvalue weighted by Gasteiger charge is -2.32. The number of aryl methyl sites for hydroxylation is 2. The van der Waals surface area contributed by atoms with Crippen LogP contribution in [0.15, 0.2) is 11.2 Å². The molecular formula is C16H25N5OS. The Morgan fingerprint density at radius 2 is 1.74 bits per heavy atom. The third-order valence-corrected chi connectivity index (χ3v) is 4.53. The lowest BCUT2D eigenvalue weighted by Crippen LogP contribution is -2.45. The first-order valence-electron chi connectivity index (χ1n) is 7.90. The van der Waals surface area contributed by atoms with Crippen LogP contribution in [-0.2, 0) is 4.79 Å². The van der Waals surface area contributed by atoms with Crippen LogP contribution < -0.4 is 0 Å². The zero-order valence-electron chi connectivity index (χ0n) is 14.9. The number of thioether (sulfide) groups is 1. The van der Waals surface area contributed by atoms with Gasteiger partial charge in [-0.3, -0.25) is 4.79 Å². The SMILES string of the molecule is Cc1cc(C)n2nc(SC(C)C(=O)N(C(C)C)C(C)C)nc2n1. The molecule has 2 aromatic rings. The van der Waals surface area contributed by atoms with Crippen molar-refractivity contribution in [1.82, 2.24) is 24.5 Å². The van der Waals surface area contributed by atoms with Crippen LogP contribution >= 0.6 is 11.8 Å². The summed E-state index contributed by atoms with van der Waals surface area (Å²) in [6, 6.07) is 2.31. The van der Waals surface area contributed by atoms with Gasteiger partial charge >= 0.3 is 0 Å². The van der Waals surface area contributed by atoms with Gasteiger partial charge < -0.3 is 4.90 Å². The van der Waals surface area contributed by atoms with E-state index in [0.717, 1.165) is 11.4 Å². The van der Waals surface area contributed by atoms with Crippen molar-refractivity contribution in [3.63, 3.8) is 0 Å². The molecule has 2 aromatic heterocycles. The van der Waals surface area contributed by atoms with Crippen LogP contribution in [0.3, 0.4) is 0 Å². The fourth-order valence-electron chi connectivity index (χ4n) is 2.72. The summed E-state index contributed by atoms with van der Waals surface area (Å²) >= 11 is 1.38. The predicted molar refractivity (Wildman–Crippen MR) is 92.7 cm³/mol. The van der Waals surface area contributed by atoms with Crippen molar-refractivity contribution < 1.29 is 4.79 Å². The normalized spacial score (nSPS) is 13.1. The highest BCUT2D eigenvalue weighted by atomic mass is 32.2. The minimum Gasteiger partial charge on any atom is -0.337 e. The van der Waals surface area contributed by atoms with E-state index in [1.807, 2.05) is 59.4 Å². The van der Waals surface area contributed by atoms with Crippen LogP contribution in [0.25, 0.3) is 5.78 Å². The second-order valence-electron chi connectivity index (χ2n) is 6.34. The third kappa shape index (κ3) is 3.83. The molecule has 0 saturated carbocycles. The van der Waals surface area contributed by atoms with Gasteiger partial charge in [-0.15, -0.1) is 5.10 Å². The van der Waals surface area contributed by atoms with Gasteiger partial charge in [0.25, 0.3) is 5.78 Å². The van der Waals surface area contributed by atoms with Gasteiger partial charge in [0.1, 0.15) is 0 Å². The number of amides is 1. The van der Waals surface area contributed by atoms with Crippen molar-refractivity contribution >= 4 is 23.4 Å². The molecule has 0 bridgehead atoms. The van der Waals surface area contributed by atoms with Gasteiger partial charge in [-0.2, -0.15) is 4.98 Å². The second-order valence-corrected chi connectivity index (χ2v) is 7.65. The summed E-state index contributed by atoms with van der Waals surface area (Å²) < 4.78 is 1.72. The van der Waals surface area contributed by atoms with E-state index in [-0.39, 0.29) is 23.2 Å². The molecular weight excluding hydrogens is 310 g/mol. The number of rotatable bonds is 5. The molecule has 0 spiro atoms. The van der Waals surface area contributed by atoms with Crippen LogP contribution in [0.5, 0.6) is 0 Å². The first kappa shape index (κ1) is 17.7. The highest BCUT2D eigenvalue weighted by molar-refractivity contribution is 8.00. The number of fused-ring (bicyclic) bond motifs is 1. The van der Waals surface area contributed by atoms with Crippen molar-refractivity contribution in [2.45, 2.75) is 71.0 Å². The molecule has 0 N–H and O–H groups in total. The first-order chi connectivity index (χ1) is 10.7. The van der Waals surface area contributed by atoms with Gasteiger partial charge in [-0.05, 0) is 54.5 Å². The summed E-state index contributed by atoms with van der Waals surface area (Å²) in [7, 11) is 0. The number of carbonyl (C=O) groups is 1. The van der Waals surface area contributed by atoms with E-state index in [0.29, 0.717) is 10.9 Å². The maximum absolute atomic E-state index is 12.7. The van der Waals surface area contributed by atoms with Gasteiger partial charge in [-0.1, -0.05) is 11.8 Å². The Hall–Kier alpha value is -1.63. The minimum absolute atomic E-state index is 0.111. The number of hydrogen-bond donors (Lipinski definition) is 0. The lowest BCUT2D eigenvalue weighted by atomic mass is 10.2. The Kier molecular flexibility index (Phi) is 5.29. The second kappa shape index (κ2) is 6.86. The quantitative estimate of drug-likeness (QED) is 0.786. The maximum Gasteiger partial charge on any atom is 0.253 e. The Labute approximate surface area is 141 Å². The standard InChI is InChI=1S/C16H25N5OS/c1-9(2)20(10(3)4)14(22)13(7)23-16-18-15-17-11(5)8-12(6)21(15)19-16/h8-10,13H,1-7H3. The summed E-state index contributed by atoms with van der Waals surface area (Å²) in [6.45, 7) is 14.0. The van der Waals surface area contributed by atoms with Crippen LogP contribution in [0.2, 0.25) is 0 Å². The Balaban J connectivity index is 2.21. The topological polar surface area (TPSA) is 63.4 Å². The van der Waals surface area contributed by atoms with E-state index in [9.17, 15) is 4.79 Å². The molecule has 6 nitrogen and oxygen atoms in total. The molecule has 126 valence electrons. The summed E-state index contributed by atoms with van der Waals surface area (Å²) in [4.78, 5) is 23.4. The van der Waals surface area contributed by atoms with E-state index in [1.165, 1.54) is 11.8 Å². The Bertz CT molecular complexity index is 702. The molecule has 0 fully saturated rings. The highest BCUT2D eigenvalue weighted by Gasteiger charge is 2.27. The summed E-state index contributed by atoms with van der Waals surface area (Å²) in [5.41, 5.74) is 1.89. The average Bonchev–Trinajstić information content (AvgIpc) is 2.80. The molecule has 1 amide bonds. The zero-order chi connectivity index (χ0) is 17.3. The summed E-state index contributed by atoms with van der Waals surface area (Å²) in [5.74, 6) is 0.689. The Morgan fingerprint density at radius 3 is 2.30 bits per heavy atom. The molecule has 7 heteroatoms. The third-order valence-electron chi connectivity index (χ3n) is 3.60. The zero-order valence-corrected chi connectivity index (χ0v) is 15.7. The van der Waals surface area contributed by atoms with Gasteiger partial charge in [0.2, 0.25) is 11.1 Å². The van der Waals surface area contributed by atoms with E-state index in [1.54, 1.807) is 4.52 Å².